The van der Waals surface area contributed by atoms with Crippen molar-refractivity contribution in [2.75, 3.05) is 0 Å². The van der Waals surface area contributed by atoms with Crippen molar-refractivity contribution in [1.29, 1.82) is 0 Å². The van der Waals surface area contributed by atoms with Gasteiger partial charge in [0.05, 0.1) is 6.04 Å². The van der Waals surface area contributed by atoms with Gasteiger partial charge in [0, 0.05) is 19.3 Å². The van der Waals surface area contributed by atoms with Gasteiger partial charge in [-0.3, -0.25) is 24.0 Å². The highest BCUT2D eigenvalue weighted by Crippen LogP contribution is 2.12. The summed E-state index contributed by atoms with van der Waals surface area (Å²) in [7, 11) is 0. The second-order valence-corrected chi connectivity index (χ2v) is 7.01. The lowest BCUT2D eigenvalue weighted by molar-refractivity contribution is -0.132. The molecule has 170 valence electrons. The number of primary amides is 3. The van der Waals surface area contributed by atoms with Gasteiger partial charge < -0.3 is 38.7 Å². The zero-order chi connectivity index (χ0) is 23.6. The van der Waals surface area contributed by atoms with Crippen molar-refractivity contribution >= 4 is 29.5 Å². The number of carbonyl (C=O) groups is 5. The number of nitrogens with two attached hydrogens (primary N) is 4. The van der Waals surface area contributed by atoms with E-state index in [4.69, 9.17) is 22.9 Å². The second kappa shape index (κ2) is 12.1. The molecule has 0 spiro atoms. The molecule has 0 unspecified atom stereocenters. The van der Waals surface area contributed by atoms with E-state index in [9.17, 15) is 29.1 Å². The molecule has 0 saturated carbocycles. The number of aromatic hydroxyl groups is 1. The van der Waals surface area contributed by atoms with Gasteiger partial charge in [0.25, 0.3) is 0 Å². The smallest absolute Gasteiger partial charge is 0.243 e. The summed E-state index contributed by atoms with van der Waals surface area (Å²) < 4.78 is 0. The molecule has 12 heteroatoms. The van der Waals surface area contributed by atoms with Gasteiger partial charge in [-0.05, 0) is 30.5 Å². The molecule has 3 atom stereocenters. The minimum absolute atomic E-state index is 0.00168. The minimum Gasteiger partial charge on any atom is -0.508 e. The molecule has 0 fully saturated rings. The highest BCUT2D eigenvalue weighted by molar-refractivity contribution is 5.93. The van der Waals surface area contributed by atoms with E-state index in [-0.39, 0.29) is 37.9 Å². The van der Waals surface area contributed by atoms with E-state index in [1.807, 2.05) is 0 Å². The molecular formula is C19H28N6O6. The van der Waals surface area contributed by atoms with Gasteiger partial charge in [-0.25, -0.2) is 0 Å². The summed E-state index contributed by atoms with van der Waals surface area (Å²) in [5, 5.41) is 14.3. The zero-order valence-corrected chi connectivity index (χ0v) is 16.9. The van der Waals surface area contributed by atoms with Crippen LogP contribution in [0, 0.1) is 0 Å². The molecule has 0 heterocycles. The second-order valence-electron chi connectivity index (χ2n) is 7.01. The summed E-state index contributed by atoms with van der Waals surface area (Å²) in [6, 6.07) is 2.48. The van der Waals surface area contributed by atoms with Gasteiger partial charge in [-0.2, -0.15) is 0 Å². The van der Waals surface area contributed by atoms with Crippen molar-refractivity contribution < 1.29 is 29.1 Å². The Morgan fingerprint density at radius 1 is 0.806 bits per heavy atom. The Morgan fingerprint density at radius 3 is 1.84 bits per heavy atom. The third kappa shape index (κ3) is 9.58. The van der Waals surface area contributed by atoms with Gasteiger partial charge in [-0.15, -0.1) is 0 Å². The van der Waals surface area contributed by atoms with E-state index in [1.54, 1.807) is 12.1 Å². The van der Waals surface area contributed by atoms with Crippen LogP contribution in [0.1, 0.15) is 31.2 Å². The average molecular weight is 436 g/mol. The molecular weight excluding hydrogens is 408 g/mol. The molecule has 0 aliphatic rings. The third-order valence-electron chi connectivity index (χ3n) is 4.39. The first-order chi connectivity index (χ1) is 14.5. The van der Waals surface area contributed by atoms with Gasteiger partial charge in [0.15, 0.2) is 0 Å². The van der Waals surface area contributed by atoms with Crippen LogP contribution in [-0.2, 0) is 30.4 Å². The number of hydrogen-bond acceptors (Lipinski definition) is 7. The fourth-order valence-corrected chi connectivity index (χ4v) is 2.63. The highest BCUT2D eigenvalue weighted by atomic mass is 16.3. The lowest BCUT2D eigenvalue weighted by Crippen LogP contribution is -2.56. The van der Waals surface area contributed by atoms with Gasteiger partial charge in [0.2, 0.25) is 29.5 Å². The molecule has 12 nitrogen and oxygen atoms in total. The van der Waals surface area contributed by atoms with Crippen LogP contribution < -0.4 is 33.6 Å². The van der Waals surface area contributed by atoms with Crippen LogP contribution in [-0.4, -0.2) is 52.8 Å². The Kier molecular flexibility index (Phi) is 9.92. The van der Waals surface area contributed by atoms with Crippen molar-refractivity contribution in [2.24, 2.45) is 22.9 Å². The average Bonchev–Trinajstić information content (AvgIpc) is 2.69. The maximum Gasteiger partial charge on any atom is 0.243 e. The highest BCUT2D eigenvalue weighted by Gasteiger charge is 2.27. The largest absolute Gasteiger partial charge is 0.508 e. The Labute approximate surface area is 178 Å². The van der Waals surface area contributed by atoms with Crippen molar-refractivity contribution in [3.05, 3.63) is 29.8 Å². The normalized spacial score (nSPS) is 13.5. The van der Waals surface area contributed by atoms with E-state index in [1.165, 1.54) is 12.1 Å². The molecule has 0 radical (unpaired) electrons. The summed E-state index contributed by atoms with van der Waals surface area (Å²) in [4.78, 5) is 58.7. The van der Waals surface area contributed by atoms with Crippen LogP contribution in [0.2, 0.25) is 0 Å². The third-order valence-corrected chi connectivity index (χ3v) is 4.39. The summed E-state index contributed by atoms with van der Waals surface area (Å²) in [5.74, 6) is -3.59. The number of nitrogens with one attached hydrogen (secondary N) is 2. The maximum absolute atomic E-state index is 12.8. The van der Waals surface area contributed by atoms with Crippen molar-refractivity contribution in [2.45, 2.75) is 50.2 Å². The number of phenols is 1. The van der Waals surface area contributed by atoms with E-state index in [0.717, 1.165) is 0 Å². The van der Waals surface area contributed by atoms with Gasteiger partial charge in [-0.1, -0.05) is 12.1 Å². The lowest BCUT2D eigenvalue weighted by atomic mass is 10.0. The number of carbonyl (C=O) groups excluding carboxylic acids is 5. The number of rotatable bonds is 13. The molecule has 0 aliphatic heterocycles. The topological polar surface area (TPSA) is 234 Å². The molecule has 1 rings (SSSR count). The quantitative estimate of drug-likeness (QED) is 0.172. The summed E-state index contributed by atoms with van der Waals surface area (Å²) in [6.07, 6.45) is -0.408. The Morgan fingerprint density at radius 2 is 1.32 bits per heavy atom. The number of hydrogen-bond donors (Lipinski definition) is 7. The molecule has 1 aromatic carbocycles. The van der Waals surface area contributed by atoms with E-state index >= 15 is 0 Å². The summed E-state index contributed by atoms with van der Waals surface area (Å²) in [6.45, 7) is 0. The van der Waals surface area contributed by atoms with E-state index in [2.05, 4.69) is 10.6 Å². The van der Waals surface area contributed by atoms with Gasteiger partial charge >= 0.3 is 0 Å². The van der Waals surface area contributed by atoms with Crippen LogP contribution in [0.5, 0.6) is 5.75 Å². The molecule has 0 aromatic heterocycles. The minimum atomic E-state index is -1.18. The lowest BCUT2D eigenvalue weighted by Gasteiger charge is -2.23. The van der Waals surface area contributed by atoms with Crippen molar-refractivity contribution in [3.8, 4) is 5.75 Å². The van der Waals surface area contributed by atoms with Crippen LogP contribution in [0.3, 0.4) is 0 Å². The van der Waals surface area contributed by atoms with Crippen molar-refractivity contribution in [3.63, 3.8) is 0 Å². The first kappa shape index (κ1) is 25.4. The Hall–Kier alpha value is -3.67. The molecule has 1 aromatic rings. The van der Waals surface area contributed by atoms with Crippen molar-refractivity contribution in [1.82, 2.24) is 10.6 Å². The number of benzene rings is 1. The molecule has 11 N–H and O–H groups in total. The summed E-state index contributed by atoms with van der Waals surface area (Å²) >= 11 is 0. The Bertz CT molecular complexity index is 813. The zero-order valence-electron chi connectivity index (χ0n) is 16.9. The van der Waals surface area contributed by atoms with Crippen LogP contribution >= 0.6 is 0 Å². The fourth-order valence-electron chi connectivity index (χ4n) is 2.63. The van der Waals surface area contributed by atoms with E-state index in [0.29, 0.717) is 5.56 Å². The van der Waals surface area contributed by atoms with Gasteiger partial charge in [0.1, 0.15) is 17.8 Å². The molecule has 5 amide bonds. The van der Waals surface area contributed by atoms with Crippen LogP contribution in [0.4, 0.5) is 0 Å². The molecule has 0 bridgehead atoms. The maximum atomic E-state index is 12.8. The summed E-state index contributed by atoms with van der Waals surface area (Å²) in [5.41, 5.74) is 21.7. The predicted octanol–water partition coefficient (Wildman–Crippen LogP) is -2.75. The first-order valence-corrected chi connectivity index (χ1v) is 9.49. The molecule has 0 saturated heterocycles. The fraction of sp³-hybridized carbons (Fsp3) is 0.421. The number of amides is 5. The SMILES string of the molecule is NC(=O)CC[C@H](NC(=O)[C@H](Cc1ccc(O)cc1)NC(=O)[C@@H](N)CCC(N)=O)C(N)=O. The standard InChI is InChI=1S/C19H28N6O6/c20-12(5-7-15(21)27)18(30)25-14(9-10-1-3-11(26)4-2-10)19(31)24-13(17(23)29)6-8-16(22)28/h1-4,12-14,26H,5-9,20H2,(H2,21,27)(H2,22,28)(H2,23,29)(H,24,31)(H,25,30)/t12-,13-,14-/m0/s1. The van der Waals surface area contributed by atoms with Crippen LogP contribution in [0.15, 0.2) is 24.3 Å². The van der Waals surface area contributed by atoms with E-state index < -0.39 is 47.7 Å². The Balaban J connectivity index is 2.96. The molecule has 0 aliphatic carbocycles. The molecule has 31 heavy (non-hydrogen) atoms. The monoisotopic (exact) mass is 436 g/mol. The van der Waals surface area contributed by atoms with Crippen LogP contribution in [0.25, 0.3) is 0 Å². The number of phenolic OH excluding ortho intramolecular Hbond substituents is 1. The predicted molar refractivity (Wildman–Crippen MR) is 110 cm³/mol. The first-order valence-electron chi connectivity index (χ1n) is 9.49.